The fraction of sp³-hybridized carbons (Fsp3) is 0.500. The van der Waals surface area contributed by atoms with Gasteiger partial charge in [0.2, 0.25) is 0 Å². The summed E-state index contributed by atoms with van der Waals surface area (Å²) in [6.07, 6.45) is 4.36. The number of ether oxygens (including phenoxy) is 1. The predicted molar refractivity (Wildman–Crippen MR) is 118 cm³/mol. The molecule has 1 fully saturated rings. The van der Waals surface area contributed by atoms with Gasteiger partial charge in [0.05, 0.1) is 12.2 Å². The van der Waals surface area contributed by atoms with Gasteiger partial charge in [-0.2, -0.15) is 0 Å². The molecule has 0 aliphatic heterocycles. The summed E-state index contributed by atoms with van der Waals surface area (Å²) in [7, 11) is 0. The molecule has 0 unspecified atom stereocenters. The monoisotopic (exact) mass is 466 g/mol. The van der Waals surface area contributed by atoms with Gasteiger partial charge in [0.1, 0.15) is 18.2 Å². The van der Waals surface area contributed by atoms with E-state index < -0.39 is 24.6 Å². The largest absolute Gasteiger partial charge is 1.00 e. The minimum absolute atomic E-state index is 0. The van der Waals surface area contributed by atoms with Gasteiger partial charge in [0.25, 0.3) is 0 Å². The van der Waals surface area contributed by atoms with Gasteiger partial charge in [-0.05, 0) is 66.8 Å². The van der Waals surface area contributed by atoms with E-state index in [0.717, 1.165) is 54.5 Å². The summed E-state index contributed by atoms with van der Waals surface area (Å²) in [5, 5.41) is 30.6. The molecule has 0 radical (unpaired) electrons. The minimum Gasteiger partial charge on any atom is -0.550 e. The van der Waals surface area contributed by atoms with Gasteiger partial charge in [0.15, 0.2) is 0 Å². The summed E-state index contributed by atoms with van der Waals surface area (Å²) < 4.78 is 19.2. The molecule has 2 aromatic rings. The van der Waals surface area contributed by atoms with E-state index in [9.17, 15) is 24.5 Å². The fourth-order valence-corrected chi connectivity index (χ4v) is 4.51. The quantitative estimate of drug-likeness (QED) is 0.439. The molecule has 2 atom stereocenters. The maximum atomic E-state index is 13.1. The molecule has 174 valence electrons. The topological polar surface area (TPSA) is 89.8 Å². The van der Waals surface area contributed by atoms with Crippen molar-refractivity contribution in [2.24, 2.45) is 0 Å². The third-order valence-electron chi connectivity index (χ3n) is 6.11. The van der Waals surface area contributed by atoms with Crippen LogP contribution in [0.2, 0.25) is 0 Å². The van der Waals surface area contributed by atoms with Gasteiger partial charge in [-0.25, -0.2) is 4.39 Å². The normalized spacial score (nSPS) is 15.6. The van der Waals surface area contributed by atoms with E-state index in [-0.39, 0.29) is 48.4 Å². The first-order valence-corrected chi connectivity index (χ1v) is 11.5. The maximum absolute atomic E-state index is 13.1. The van der Waals surface area contributed by atoms with Crippen molar-refractivity contribution in [3.8, 4) is 5.75 Å². The van der Waals surface area contributed by atoms with Crippen LogP contribution in [0.5, 0.6) is 5.75 Å². The average molecular weight is 467 g/mol. The van der Waals surface area contributed by atoms with Crippen LogP contribution in [0.15, 0.2) is 42.5 Å². The molecular formula is C26H32FNaO5. The fourth-order valence-electron chi connectivity index (χ4n) is 4.51. The zero-order valence-corrected chi connectivity index (χ0v) is 21.3. The molecule has 0 amide bonds. The standard InChI is InChI=1S/C26H33FO5.Na/c27-21-13-11-18(12-14-21)5-3-8-20-9-4-10-24(19-6-1-2-7-19)26(20)32-17-23(29)15-22(28)16-25(30)31;/h4,9-14,19,22-23,28-29H,1-3,5-8,15-17H2,(H,30,31);/q;+1/p-1/t22-,23+;/m1./s1. The van der Waals surface area contributed by atoms with Crippen LogP contribution in [0.3, 0.4) is 0 Å². The predicted octanol–water partition coefficient (Wildman–Crippen LogP) is 0.293. The summed E-state index contributed by atoms with van der Waals surface area (Å²) in [5.41, 5.74) is 3.31. The Hall–Kier alpha value is -1.44. The van der Waals surface area contributed by atoms with Gasteiger partial charge in [-0.1, -0.05) is 43.2 Å². The first-order valence-electron chi connectivity index (χ1n) is 11.5. The number of carbonyl (C=O) groups is 1. The third-order valence-corrected chi connectivity index (χ3v) is 6.11. The Labute approximate surface area is 217 Å². The second-order valence-corrected chi connectivity index (χ2v) is 8.73. The number of benzene rings is 2. The summed E-state index contributed by atoms with van der Waals surface area (Å²) in [5.74, 6) is -0.354. The maximum Gasteiger partial charge on any atom is 1.00 e. The van der Waals surface area contributed by atoms with Crippen molar-refractivity contribution in [3.63, 3.8) is 0 Å². The first kappa shape index (κ1) is 27.8. The molecule has 1 aliphatic rings. The molecule has 0 bridgehead atoms. The average Bonchev–Trinajstić information content (AvgIpc) is 3.28. The molecule has 2 N–H and O–H groups in total. The molecule has 1 aliphatic carbocycles. The van der Waals surface area contributed by atoms with Crippen LogP contribution >= 0.6 is 0 Å². The SMILES string of the molecule is O=C([O-])C[C@H](O)C[C@H](O)COc1c(CCCc2ccc(F)cc2)cccc1C1CCCC1.[Na+]. The number of aliphatic hydroxyl groups is 2. The van der Waals surface area contributed by atoms with Crippen molar-refractivity contribution in [3.05, 3.63) is 65.0 Å². The number of para-hydroxylation sites is 1. The Balaban J connectivity index is 0.00000385. The Kier molecular flexibility index (Phi) is 11.9. The van der Waals surface area contributed by atoms with Crippen molar-refractivity contribution in [1.29, 1.82) is 0 Å². The van der Waals surface area contributed by atoms with E-state index in [0.29, 0.717) is 5.92 Å². The number of rotatable bonds is 12. The van der Waals surface area contributed by atoms with Gasteiger partial charge >= 0.3 is 29.6 Å². The molecule has 2 aromatic carbocycles. The van der Waals surface area contributed by atoms with E-state index in [4.69, 9.17) is 4.74 Å². The number of hydrogen-bond donors (Lipinski definition) is 2. The third kappa shape index (κ3) is 9.02. The molecule has 33 heavy (non-hydrogen) atoms. The van der Waals surface area contributed by atoms with E-state index in [1.807, 2.05) is 12.1 Å². The summed E-state index contributed by atoms with van der Waals surface area (Å²) >= 11 is 0. The van der Waals surface area contributed by atoms with E-state index in [1.165, 1.54) is 25.0 Å². The Bertz CT molecular complexity index is 867. The molecule has 0 spiro atoms. The molecule has 3 rings (SSSR count). The number of aliphatic carboxylic acids is 1. The van der Waals surface area contributed by atoms with Gasteiger partial charge in [-0.15, -0.1) is 0 Å². The Morgan fingerprint density at radius 1 is 1.06 bits per heavy atom. The zero-order valence-electron chi connectivity index (χ0n) is 19.3. The van der Waals surface area contributed by atoms with Gasteiger partial charge < -0.3 is 24.9 Å². The second kappa shape index (κ2) is 14.1. The molecule has 0 heterocycles. The van der Waals surface area contributed by atoms with Crippen LogP contribution in [0.4, 0.5) is 4.39 Å². The van der Waals surface area contributed by atoms with Crippen LogP contribution in [-0.2, 0) is 17.6 Å². The molecule has 5 nitrogen and oxygen atoms in total. The van der Waals surface area contributed by atoms with Crippen molar-refractivity contribution >= 4 is 5.97 Å². The van der Waals surface area contributed by atoms with Crippen LogP contribution in [-0.4, -0.2) is 35.0 Å². The Morgan fingerprint density at radius 3 is 2.42 bits per heavy atom. The second-order valence-electron chi connectivity index (χ2n) is 8.73. The van der Waals surface area contributed by atoms with Crippen LogP contribution < -0.4 is 39.4 Å². The van der Waals surface area contributed by atoms with Crippen molar-refractivity contribution in [2.45, 2.75) is 75.9 Å². The zero-order chi connectivity index (χ0) is 22.9. The van der Waals surface area contributed by atoms with Crippen molar-refractivity contribution in [1.82, 2.24) is 0 Å². The summed E-state index contributed by atoms with van der Waals surface area (Å²) in [6, 6.07) is 12.7. The molecular weight excluding hydrogens is 434 g/mol. The van der Waals surface area contributed by atoms with E-state index in [1.54, 1.807) is 12.1 Å². The van der Waals surface area contributed by atoms with Gasteiger partial charge in [-0.3, -0.25) is 0 Å². The number of aliphatic hydroxyl groups excluding tert-OH is 2. The number of halogens is 1. The van der Waals surface area contributed by atoms with Crippen LogP contribution in [0.1, 0.15) is 67.6 Å². The molecule has 0 saturated heterocycles. The van der Waals surface area contributed by atoms with E-state index >= 15 is 0 Å². The van der Waals surface area contributed by atoms with E-state index in [2.05, 4.69) is 6.07 Å². The minimum atomic E-state index is -1.35. The number of carbonyl (C=O) groups excluding carboxylic acids is 1. The first-order chi connectivity index (χ1) is 15.4. The number of carboxylic acid groups (broad SMARTS) is 1. The summed E-state index contributed by atoms with van der Waals surface area (Å²) in [4.78, 5) is 10.6. The number of hydrogen-bond acceptors (Lipinski definition) is 5. The van der Waals surface area contributed by atoms with Gasteiger partial charge in [0, 0.05) is 18.8 Å². The van der Waals surface area contributed by atoms with Crippen LogP contribution in [0.25, 0.3) is 0 Å². The number of carboxylic acids is 1. The molecule has 0 aromatic heterocycles. The van der Waals surface area contributed by atoms with Crippen LogP contribution in [0, 0.1) is 5.82 Å². The molecule has 1 saturated carbocycles. The molecule has 7 heteroatoms. The Morgan fingerprint density at radius 2 is 1.76 bits per heavy atom. The number of aryl methyl sites for hydroxylation is 2. The smallest absolute Gasteiger partial charge is 0.550 e. The van der Waals surface area contributed by atoms with Crippen molar-refractivity contribution < 1.29 is 58.8 Å². The van der Waals surface area contributed by atoms with Crippen molar-refractivity contribution in [2.75, 3.05) is 6.61 Å². The summed E-state index contributed by atoms with van der Waals surface area (Å²) in [6.45, 7) is -0.0151.